The molecule has 0 saturated carbocycles. The molecule has 26 heavy (non-hydrogen) atoms. The Hall–Kier alpha value is -2.03. The van der Waals surface area contributed by atoms with Gasteiger partial charge in [-0.05, 0) is 18.7 Å². The number of nitrogens with zero attached hydrogens (tertiary/aromatic N) is 3. The quantitative estimate of drug-likeness (QED) is 0.718. The summed E-state index contributed by atoms with van der Waals surface area (Å²) in [5.74, 6) is -2.16. The molecule has 0 spiro atoms. The van der Waals surface area contributed by atoms with Crippen LogP contribution in [0.2, 0.25) is 5.02 Å². The molecular weight excluding hydrogens is 372 g/mol. The molecule has 136 valence electrons. The lowest BCUT2D eigenvalue weighted by atomic mass is 9.79. The van der Waals surface area contributed by atoms with E-state index in [0.717, 1.165) is 26.3 Å². The van der Waals surface area contributed by atoms with Gasteiger partial charge in [0.2, 0.25) is 5.91 Å². The van der Waals surface area contributed by atoms with Gasteiger partial charge in [-0.2, -0.15) is 10.5 Å². The van der Waals surface area contributed by atoms with Crippen LogP contribution in [-0.4, -0.2) is 44.2 Å². The third kappa shape index (κ3) is 4.78. The number of nitriles is 2. The first-order valence-electron chi connectivity index (χ1n) is 8.04. The second-order valence-corrected chi connectivity index (χ2v) is 6.74. The second kappa shape index (κ2) is 9.61. The maximum Gasteiger partial charge on any atom is 0.243 e. The smallest absolute Gasteiger partial charge is 0.243 e. The molecule has 0 bridgehead atoms. The van der Waals surface area contributed by atoms with Crippen molar-refractivity contribution in [3.05, 3.63) is 45.5 Å². The maximum absolute atomic E-state index is 11.8. The summed E-state index contributed by atoms with van der Waals surface area (Å²) in [6.07, 6.45) is 0. The number of hydrogen-bond acceptors (Lipinski definition) is 6. The van der Waals surface area contributed by atoms with Crippen molar-refractivity contribution in [2.45, 2.75) is 5.92 Å². The standard InChI is InChI=1S/C13H8ClN3OS.C5H11NO/c14-10-4-2-1-3-7(10)11-8(5-15)12(18)17-13(19)9(11)6-16;1-6-2-4-7-5-3-6/h1-4,8,11,19H,(H,17,18);2-5H2,1H3/t8-,11-;/m1./s1. The zero-order valence-electron chi connectivity index (χ0n) is 14.3. The summed E-state index contributed by atoms with van der Waals surface area (Å²) in [5.41, 5.74) is 0.816. The van der Waals surface area contributed by atoms with Crippen LogP contribution in [0.25, 0.3) is 0 Å². The van der Waals surface area contributed by atoms with Crippen LogP contribution in [0.1, 0.15) is 11.5 Å². The van der Waals surface area contributed by atoms with Crippen LogP contribution < -0.4 is 5.32 Å². The van der Waals surface area contributed by atoms with Gasteiger partial charge in [-0.25, -0.2) is 0 Å². The molecule has 2 aliphatic rings. The Labute approximate surface area is 163 Å². The Morgan fingerprint density at radius 2 is 1.96 bits per heavy atom. The minimum Gasteiger partial charge on any atom is -0.379 e. The zero-order valence-corrected chi connectivity index (χ0v) is 15.9. The van der Waals surface area contributed by atoms with E-state index in [4.69, 9.17) is 16.3 Å². The number of carbonyl (C=O) groups excluding carboxylic acids is 1. The molecule has 0 aliphatic carbocycles. The number of allylic oxidation sites excluding steroid dienone is 1. The fourth-order valence-electron chi connectivity index (χ4n) is 2.70. The predicted molar refractivity (Wildman–Crippen MR) is 101 cm³/mol. The average Bonchev–Trinajstić information content (AvgIpc) is 2.63. The number of rotatable bonds is 1. The molecule has 1 N–H and O–H groups in total. The molecule has 1 saturated heterocycles. The van der Waals surface area contributed by atoms with E-state index in [2.05, 4.69) is 29.9 Å². The minimum absolute atomic E-state index is 0.170. The van der Waals surface area contributed by atoms with Crippen molar-refractivity contribution in [2.24, 2.45) is 5.92 Å². The molecule has 1 aromatic rings. The number of thiol groups is 1. The first kappa shape index (κ1) is 20.3. The van der Waals surface area contributed by atoms with Crippen LogP contribution in [-0.2, 0) is 9.53 Å². The molecule has 8 heteroatoms. The van der Waals surface area contributed by atoms with Crippen molar-refractivity contribution in [2.75, 3.05) is 33.4 Å². The molecule has 2 atom stereocenters. The van der Waals surface area contributed by atoms with Gasteiger partial charge >= 0.3 is 0 Å². The van der Waals surface area contributed by atoms with Crippen LogP contribution >= 0.6 is 24.2 Å². The van der Waals surface area contributed by atoms with Gasteiger partial charge in [-0.15, -0.1) is 12.6 Å². The fraction of sp³-hybridized carbons (Fsp3) is 0.389. The molecule has 6 nitrogen and oxygen atoms in total. The summed E-state index contributed by atoms with van der Waals surface area (Å²) in [7, 11) is 2.11. The lowest BCUT2D eigenvalue weighted by Crippen LogP contribution is -2.38. The van der Waals surface area contributed by atoms with Crippen molar-refractivity contribution in [1.82, 2.24) is 10.2 Å². The van der Waals surface area contributed by atoms with Gasteiger partial charge in [0.15, 0.2) is 0 Å². The molecule has 1 fully saturated rings. The number of hydrogen-bond donors (Lipinski definition) is 2. The summed E-state index contributed by atoms with van der Waals surface area (Å²) in [5, 5.41) is 21.4. The SMILES string of the molecule is CN1CCOCC1.N#CC1=C(S)NC(=O)[C@H](C#N)[C@H]1c1ccccc1Cl. The first-order valence-corrected chi connectivity index (χ1v) is 8.86. The van der Waals surface area contributed by atoms with Gasteiger partial charge < -0.3 is 15.0 Å². The van der Waals surface area contributed by atoms with Gasteiger partial charge in [-0.1, -0.05) is 29.8 Å². The number of ether oxygens (including phenoxy) is 1. The van der Waals surface area contributed by atoms with E-state index in [1.54, 1.807) is 24.3 Å². The topological polar surface area (TPSA) is 89.2 Å². The highest BCUT2D eigenvalue weighted by Crippen LogP contribution is 2.39. The van der Waals surface area contributed by atoms with Gasteiger partial charge in [0, 0.05) is 24.0 Å². The summed E-state index contributed by atoms with van der Waals surface area (Å²) < 4.78 is 5.10. The van der Waals surface area contributed by atoms with Gasteiger partial charge in [-0.3, -0.25) is 4.79 Å². The Bertz CT molecular complexity index is 778. The highest BCUT2D eigenvalue weighted by molar-refractivity contribution is 7.84. The highest BCUT2D eigenvalue weighted by atomic mass is 35.5. The molecule has 0 aromatic heterocycles. The van der Waals surface area contributed by atoms with Crippen LogP contribution in [0, 0.1) is 28.6 Å². The van der Waals surface area contributed by atoms with E-state index >= 15 is 0 Å². The molecule has 0 unspecified atom stereocenters. The number of carbonyl (C=O) groups is 1. The largest absolute Gasteiger partial charge is 0.379 e. The lowest BCUT2D eigenvalue weighted by molar-refractivity contribution is -0.123. The number of amides is 1. The van der Waals surface area contributed by atoms with E-state index in [-0.39, 0.29) is 10.6 Å². The molecule has 2 heterocycles. The monoisotopic (exact) mass is 390 g/mol. The Morgan fingerprint density at radius 1 is 1.31 bits per heavy atom. The van der Waals surface area contributed by atoms with Crippen molar-refractivity contribution in [3.63, 3.8) is 0 Å². The van der Waals surface area contributed by atoms with Gasteiger partial charge in [0.05, 0.1) is 36.0 Å². The molecule has 1 aromatic carbocycles. The molecule has 0 radical (unpaired) electrons. The average molecular weight is 391 g/mol. The first-order chi connectivity index (χ1) is 12.5. The predicted octanol–water partition coefficient (Wildman–Crippen LogP) is 2.31. The summed E-state index contributed by atoms with van der Waals surface area (Å²) in [6, 6.07) is 10.8. The minimum atomic E-state index is -0.995. The lowest BCUT2D eigenvalue weighted by Gasteiger charge is -2.27. The second-order valence-electron chi connectivity index (χ2n) is 5.88. The van der Waals surface area contributed by atoms with Crippen molar-refractivity contribution >= 4 is 30.1 Å². The Kier molecular flexibility index (Phi) is 7.50. The van der Waals surface area contributed by atoms with Crippen molar-refractivity contribution in [3.8, 4) is 12.1 Å². The summed E-state index contributed by atoms with van der Waals surface area (Å²) in [6.45, 7) is 4.02. The van der Waals surface area contributed by atoms with Crippen LogP contribution in [0.15, 0.2) is 34.9 Å². The maximum atomic E-state index is 11.8. The van der Waals surface area contributed by atoms with Crippen LogP contribution in [0.5, 0.6) is 0 Å². The molecule has 2 aliphatic heterocycles. The van der Waals surface area contributed by atoms with E-state index in [0.29, 0.717) is 10.6 Å². The third-order valence-electron chi connectivity index (χ3n) is 4.16. The summed E-state index contributed by atoms with van der Waals surface area (Å²) >= 11 is 10.2. The van der Waals surface area contributed by atoms with Crippen LogP contribution in [0.4, 0.5) is 0 Å². The number of halogens is 1. The molecule has 1 amide bonds. The van der Waals surface area contributed by atoms with Crippen LogP contribution in [0.3, 0.4) is 0 Å². The van der Waals surface area contributed by atoms with Crippen molar-refractivity contribution in [1.29, 1.82) is 10.5 Å². The number of likely N-dealkylation sites (N-methyl/N-ethyl adjacent to an activating group) is 1. The van der Waals surface area contributed by atoms with E-state index in [9.17, 15) is 15.3 Å². The zero-order chi connectivity index (χ0) is 19.1. The number of nitrogens with one attached hydrogen (secondary N) is 1. The molecule has 3 rings (SSSR count). The normalized spacial score (nSPS) is 23.2. The van der Waals surface area contributed by atoms with Gasteiger partial charge in [0.25, 0.3) is 0 Å². The van der Waals surface area contributed by atoms with Crippen molar-refractivity contribution < 1.29 is 9.53 Å². The third-order valence-corrected chi connectivity index (χ3v) is 4.85. The molecular formula is C18H19ClN4O2S. The number of benzene rings is 1. The van der Waals surface area contributed by atoms with Gasteiger partial charge in [0.1, 0.15) is 5.92 Å². The Balaban J connectivity index is 0.000000290. The van der Waals surface area contributed by atoms with E-state index in [1.807, 2.05) is 12.1 Å². The van der Waals surface area contributed by atoms with E-state index in [1.165, 1.54) is 0 Å². The fourth-order valence-corrected chi connectivity index (χ4v) is 3.25. The highest BCUT2D eigenvalue weighted by Gasteiger charge is 2.39. The Morgan fingerprint density at radius 3 is 2.46 bits per heavy atom. The number of morpholine rings is 1. The van der Waals surface area contributed by atoms with E-state index < -0.39 is 17.7 Å². The summed E-state index contributed by atoms with van der Waals surface area (Å²) in [4.78, 5) is 14.1.